The van der Waals surface area contributed by atoms with Crippen molar-refractivity contribution in [2.75, 3.05) is 0 Å². The quantitative estimate of drug-likeness (QED) is 0.506. The van der Waals surface area contributed by atoms with Crippen molar-refractivity contribution in [1.82, 2.24) is 0 Å². The van der Waals surface area contributed by atoms with Gasteiger partial charge in [-0.15, -0.1) is 0 Å². The molecule has 0 radical (unpaired) electrons. The molecule has 5 heteroatoms. The maximum atomic E-state index is 9.75. The summed E-state index contributed by atoms with van der Waals surface area (Å²) in [6.07, 6.45) is -0.840. The highest BCUT2D eigenvalue weighted by atomic mass is 17.5. The molecular formula is C6H12O5. The molecule has 0 aliphatic carbocycles. The molecule has 11 heavy (non-hydrogen) atoms. The SMILES string of the molecule is CCC(C)(C)OOOC(=O)O. The van der Waals surface area contributed by atoms with E-state index in [0.29, 0.717) is 6.42 Å². The number of hydrogen-bond acceptors (Lipinski definition) is 4. The topological polar surface area (TPSA) is 65.0 Å². The van der Waals surface area contributed by atoms with E-state index in [1.807, 2.05) is 6.92 Å². The number of carbonyl (C=O) groups is 1. The molecule has 0 aliphatic heterocycles. The van der Waals surface area contributed by atoms with Crippen LogP contribution < -0.4 is 0 Å². The molecule has 5 nitrogen and oxygen atoms in total. The second-order valence-corrected chi connectivity index (χ2v) is 2.61. The molecule has 0 bridgehead atoms. The summed E-state index contributed by atoms with van der Waals surface area (Å²) in [6.45, 7) is 5.38. The number of carboxylic acid groups (broad SMARTS) is 1. The average Bonchev–Trinajstić information content (AvgIpc) is 1.87. The lowest BCUT2D eigenvalue weighted by Crippen LogP contribution is -2.23. The molecule has 0 aromatic heterocycles. The van der Waals surface area contributed by atoms with E-state index in [-0.39, 0.29) is 0 Å². The van der Waals surface area contributed by atoms with Gasteiger partial charge in [-0.1, -0.05) is 6.92 Å². The lowest BCUT2D eigenvalue weighted by molar-refractivity contribution is -0.516. The van der Waals surface area contributed by atoms with Crippen LogP contribution in [-0.2, 0) is 14.8 Å². The monoisotopic (exact) mass is 164 g/mol. The Morgan fingerprint density at radius 3 is 2.45 bits per heavy atom. The Bertz CT molecular complexity index is 131. The molecule has 66 valence electrons. The lowest BCUT2D eigenvalue weighted by atomic mass is 10.1. The Hall–Kier alpha value is -0.810. The maximum absolute atomic E-state index is 9.75. The van der Waals surface area contributed by atoms with Crippen LogP contribution in [0.3, 0.4) is 0 Å². The zero-order chi connectivity index (χ0) is 8.91. The van der Waals surface area contributed by atoms with Crippen LogP contribution in [0.2, 0.25) is 0 Å². The van der Waals surface area contributed by atoms with E-state index in [0.717, 1.165) is 0 Å². The molecule has 0 atom stereocenters. The zero-order valence-corrected chi connectivity index (χ0v) is 6.79. The first-order chi connectivity index (χ1) is 4.98. The fraction of sp³-hybridized carbons (Fsp3) is 0.833. The molecular weight excluding hydrogens is 152 g/mol. The van der Waals surface area contributed by atoms with E-state index >= 15 is 0 Å². The molecule has 0 saturated heterocycles. The third kappa shape index (κ3) is 5.63. The molecule has 0 aromatic rings. The van der Waals surface area contributed by atoms with Gasteiger partial charge >= 0.3 is 6.16 Å². The summed E-state index contributed by atoms with van der Waals surface area (Å²) in [6, 6.07) is 0. The standard InChI is InChI=1S/C6H12O5/c1-4-6(2,3)10-11-9-5(7)8/h4H2,1-3H3,(H,7,8). The van der Waals surface area contributed by atoms with Gasteiger partial charge in [-0.3, -0.25) is 0 Å². The van der Waals surface area contributed by atoms with E-state index in [4.69, 9.17) is 5.11 Å². The van der Waals surface area contributed by atoms with Crippen LogP contribution in [0.5, 0.6) is 0 Å². The van der Waals surface area contributed by atoms with Gasteiger partial charge in [0.05, 0.1) is 0 Å². The molecule has 0 fully saturated rings. The van der Waals surface area contributed by atoms with Gasteiger partial charge in [-0.2, -0.15) is 4.89 Å². The van der Waals surface area contributed by atoms with E-state index in [2.05, 4.69) is 14.8 Å². The molecule has 0 saturated carbocycles. The molecule has 0 aliphatic rings. The maximum Gasteiger partial charge on any atom is 0.540 e. The van der Waals surface area contributed by atoms with Crippen LogP contribution in [0.15, 0.2) is 0 Å². The van der Waals surface area contributed by atoms with Crippen molar-refractivity contribution < 1.29 is 24.7 Å². The summed E-state index contributed by atoms with van der Waals surface area (Å²) >= 11 is 0. The first-order valence-corrected chi connectivity index (χ1v) is 3.23. The van der Waals surface area contributed by atoms with E-state index in [9.17, 15) is 4.79 Å². The van der Waals surface area contributed by atoms with Gasteiger partial charge in [0, 0.05) is 0 Å². The first-order valence-electron chi connectivity index (χ1n) is 3.23. The molecule has 0 spiro atoms. The summed E-state index contributed by atoms with van der Waals surface area (Å²) in [5, 5.41) is 11.9. The first kappa shape index (κ1) is 10.2. The largest absolute Gasteiger partial charge is 0.540 e. The highest BCUT2D eigenvalue weighted by Gasteiger charge is 2.18. The fourth-order valence-electron chi connectivity index (χ4n) is 0.197. The minimum Gasteiger partial charge on any atom is -0.448 e. The molecule has 0 aromatic carbocycles. The summed E-state index contributed by atoms with van der Waals surface area (Å²) in [5.41, 5.74) is -0.532. The van der Waals surface area contributed by atoms with Gasteiger partial charge in [0.25, 0.3) is 0 Å². The summed E-state index contributed by atoms with van der Waals surface area (Å²) in [5.74, 6) is 0. The highest BCUT2D eigenvalue weighted by Crippen LogP contribution is 2.13. The normalized spacial score (nSPS) is 11.2. The van der Waals surface area contributed by atoms with Crippen LogP contribution in [0.1, 0.15) is 27.2 Å². The zero-order valence-electron chi connectivity index (χ0n) is 6.79. The van der Waals surface area contributed by atoms with Gasteiger partial charge in [-0.25, -0.2) is 9.68 Å². The van der Waals surface area contributed by atoms with Crippen LogP contribution in [0.4, 0.5) is 4.79 Å². The molecule has 0 unspecified atom stereocenters. The Labute approximate surface area is 64.7 Å². The van der Waals surface area contributed by atoms with Crippen molar-refractivity contribution in [3.05, 3.63) is 0 Å². The summed E-state index contributed by atoms with van der Waals surface area (Å²) in [4.78, 5) is 18.0. The molecule has 0 rings (SSSR count). The smallest absolute Gasteiger partial charge is 0.448 e. The third-order valence-electron chi connectivity index (χ3n) is 1.22. The van der Waals surface area contributed by atoms with Crippen molar-refractivity contribution in [2.45, 2.75) is 32.8 Å². The van der Waals surface area contributed by atoms with Gasteiger partial charge in [0.2, 0.25) is 0 Å². The minimum atomic E-state index is -1.53. The van der Waals surface area contributed by atoms with Gasteiger partial charge < -0.3 is 5.11 Å². The van der Waals surface area contributed by atoms with Crippen LogP contribution in [0, 0.1) is 0 Å². The van der Waals surface area contributed by atoms with E-state index < -0.39 is 11.8 Å². The summed E-state index contributed by atoms with van der Waals surface area (Å²) in [7, 11) is 0. The van der Waals surface area contributed by atoms with Gasteiger partial charge in [0.15, 0.2) is 0 Å². The van der Waals surface area contributed by atoms with Crippen LogP contribution in [-0.4, -0.2) is 16.9 Å². The van der Waals surface area contributed by atoms with Gasteiger partial charge in [-0.05, 0) is 25.3 Å². The van der Waals surface area contributed by atoms with Crippen molar-refractivity contribution in [1.29, 1.82) is 0 Å². The second kappa shape index (κ2) is 4.15. The Balaban J connectivity index is 3.45. The Kier molecular flexibility index (Phi) is 3.84. The Morgan fingerprint density at radius 1 is 1.55 bits per heavy atom. The van der Waals surface area contributed by atoms with Crippen molar-refractivity contribution in [3.63, 3.8) is 0 Å². The summed E-state index contributed by atoms with van der Waals surface area (Å²) < 4.78 is 0. The third-order valence-corrected chi connectivity index (χ3v) is 1.22. The number of hydrogen-bond donors (Lipinski definition) is 1. The minimum absolute atomic E-state index is 0.532. The number of rotatable bonds is 4. The van der Waals surface area contributed by atoms with Crippen molar-refractivity contribution in [2.24, 2.45) is 0 Å². The van der Waals surface area contributed by atoms with Crippen LogP contribution >= 0.6 is 0 Å². The van der Waals surface area contributed by atoms with E-state index in [1.165, 1.54) is 0 Å². The van der Waals surface area contributed by atoms with E-state index in [1.54, 1.807) is 13.8 Å². The van der Waals surface area contributed by atoms with Crippen molar-refractivity contribution in [3.8, 4) is 0 Å². The lowest BCUT2D eigenvalue weighted by Gasteiger charge is -2.18. The Morgan fingerprint density at radius 2 is 2.09 bits per heavy atom. The highest BCUT2D eigenvalue weighted by molar-refractivity contribution is 5.55. The second-order valence-electron chi connectivity index (χ2n) is 2.61. The average molecular weight is 164 g/mol. The van der Waals surface area contributed by atoms with Gasteiger partial charge in [0.1, 0.15) is 5.60 Å². The van der Waals surface area contributed by atoms with Crippen molar-refractivity contribution >= 4 is 6.16 Å². The molecule has 1 N–H and O–H groups in total. The molecule has 0 amide bonds. The predicted octanol–water partition coefficient (Wildman–Crippen LogP) is 1.73. The predicted molar refractivity (Wildman–Crippen MR) is 35.6 cm³/mol. The molecule has 0 heterocycles. The van der Waals surface area contributed by atoms with Crippen LogP contribution in [0.25, 0.3) is 0 Å². The fourth-order valence-corrected chi connectivity index (χ4v) is 0.197.